The van der Waals surface area contributed by atoms with Crippen molar-refractivity contribution >= 4 is 0 Å². The van der Waals surface area contributed by atoms with Crippen LogP contribution in [0.15, 0.2) is 97.3 Å². The Labute approximate surface area is 203 Å². The van der Waals surface area contributed by atoms with Gasteiger partial charge in [-0.3, -0.25) is 9.80 Å². The standard InChI is InChI=1S/C30H34N4/c1-23(2)29(28-27(31-22-32-28)24-12-6-3-7-13-24)33-18-20-34(21-19-33)30(25-14-8-4-9-15-25)26-16-10-5-11-17-26/h3-17,22-23,29-30H,18-21H2,1-2H3,(H,31,32). The highest BCUT2D eigenvalue weighted by Gasteiger charge is 2.33. The zero-order valence-corrected chi connectivity index (χ0v) is 20.1. The van der Waals surface area contributed by atoms with E-state index < -0.39 is 0 Å². The molecular formula is C30H34N4. The van der Waals surface area contributed by atoms with Gasteiger partial charge in [-0.15, -0.1) is 0 Å². The van der Waals surface area contributed by atoms with E-state index in [1.54, 1.807) is 0 Å². The molecule has 2 heterocycles. The van der Waals surface area contributed by atoms with Crippen LogP contribution in [-0.2, 0) is 0 Å². The van der Waals surface area contributed by atoms with Crippen LogP contribution < -0.4 is 0 Å². The van der Waals surface area contributed by atoms with Gasteiger partial charge in [-0.05, 0) is 17.0 Å². The molecule has 0 saturated carbocycles. The van der Waals surface area contributed by atoms with Crippen molar-refractivity contribution in [2.75, 3.05) is 26.2 Å². The van der Waals surface area contributed by atoms with Crippen LogP contribution in [0.25, 0.3) is 11.3 Å². The number of aromatic amines is 1. The summed E-state index contributed by atoms with van der Waals surface area (Å²) in [7, 11) is 0. The van der Waals surface area contributed by atoms with Crippen molar-refractivity contribution in [2.45, 2.75) is 25.9 Å². The van der Waals surface area contributed by atoms with E-state index in [0.29, 0.717) is 12.0 Å². The van der Waals surface area contributed by atoms with Crippen LogP contribution in [0.2, 0.25) is 0 Å². The Hall–Kier alpha value is -3.21. The first-order valence-electron chi connectivity index (χ1n) is 12.4. The number of hydrogen-bond donors (Lipinski definition) is 1. The molecule has 4 heteroatoms. The van der Waals surface area contributed by atoms with Crippen molar-refractivity contribution in [1.29, 1.82) is 0 Å². The van der Waals surface area contributed by atoms with E-state index in [-0.39, 0.29) is 6.04 Å². The number of H-pyrrole nitrogens is 1. The summed E-state index contributed by atoms with van der Waals surface area (Å²) in [6.45, 7) is 8.78. The summed E-state index contributed by atoms with van der Waals surface area (Å²) in [5, 5.41) is 0. The van der Waals surface area contributed by atoms with E-state index in [1.165, 1.54) is 22.4 Å². The summed E-state index contributed by atoms with van der Waals surface area (Å²) in [5.41, 5.74) is 6.21. The van der Waals surface area contributed by atoms with Crippen molar-refractivity contribution in [3.05, 3.63) is 114 Å². The largest absolute Gasteiger partial charge is 0.347 e. The van der Waals surface area contributed by atoms with Crippen molar-refractivity contribution in [3.8, 4) is 11.3 Å². The Kier molecular flexibility index (Phi) is 6.89. The van der Waals surface area contributed by atoms with Gasteiger partial charge in [-0.1, -0.05) is 105 Å². The van der Waals surface area contributed by atoms with Crippen LogP contribution in [0.3, 0.4) is 0 Å². The molecule has 1 aliphatic heterocycles. The lowest BCUT2D eigenvalue weighted by Crippen LogP contribution is -2.49. The highest BCUT2D eigenvalue weighted by atomic mass is 15.3. The average molecular weight is 451 g/mol. The lowest BCUT2D eigenvalue weighted by Gasteiger charge is -2.43. The molecule has 34 heavy (non-hydrogen) atoms. The van der Waals surface area contributed by atoms with Crippen LogP contribution in [0.5, 0.6) is 0 Å². The van der Waals surface area contributed by atoms with Crippen LogP contribution in [0, 0.1) is 5.92 Å². The molecule has 1 saturated heterocycles. The van der Waals surface area contributed by atoms with Gasteiger partial charge in [0.1, 0.15) is 0 Å². The smallest absolute Gasteiger partial charge is 0.0930 e. The Morgan fingerprint density at radius 1 is 0.676 bits per heavy atom. The fourth-order valence-electron chi connectivity index (χ4n) is 5.45. The maximum atomic E-state index is 4.71. The van der Waals surface area contributed by atoms with Gasteiger partial charge in [0.25, 0.3) is 0 Å². The number of nitrogens with zero attached hydrogens (tertiary/aromatic N) is 3. The van der Waals surface area contributed by atoms with Gasteiger partial charge < -0.3 is 4.98 Å². The van der Waals surface area contributed by atoms with Crippen LogP contribution >= 0.6 is 0 Å². The highest BCUT2D eigenvalue weighted by molar-refractivity contribution is 5.62. The Morgan fingerprint density at radius 3 is 1.71 bits per heavy atom. The summed E-state index contributed by atoms with van der Waals surface area (Å²) in [6, 6.07) is 33.0. The maximum absolute atomic E-state index is 4.71. The summed E-state index contributed by atoms with van der Waals surface area (Å²) in [5.74, 6) is 0.480. The molecule has 1 atom stereocenters. The van der Waals surface area contributed by atoms with Gasteiger partial charge >= 0.3 is 0 Å². The molecule has 0 spiro atoms. The normalized spacial score (nSPS) is 16.2. The van der Waals surface area contributed by atoms with Gasteiger partial charge in [0.05, 0.1) is 29.8 Å². The average Bonchev–Trinajstić information content (AvgIpc) is 3.36. The van der Waals surface area contributed by atoms with E-state index in [1.807, 2.05) is 6.33 Å². The van der Waals surface area contributed by atoms with Crippen molar-refractivity contribution in [2.24, 2.45) is 5.92 Å². The van der Waals surface area contributed by atoms with Gasteiger partial charge in [0, 0.05) is 31.7 Å². The molecule has 4 aromatic rings. The molecule has 3 aromatic carbocycles. The number of benzene rings is 3. The van der Waals surface area contributed by atoms with E-state index in [2.05, 4.69) is 120 Å². The van der Waals surface area contributed by atoms with Crippen LogP contribution in [0.1, 0.15) is 42.8 Å². The molecule has 0 amide bonds. The fourth-order valence-corrected chi connectivity index (χ4v) is 5.45. The molecule has 0 radical (unpaired) electrons. The molecule has 1 N–H and O–H groups in total. The molecule has 174 valence electrons. The number of aromatic nitrogens is 2. The third-order valence-corrected chi connectivity index (χ3v) is 6.98. The van der Waals surface area contributed by atoms with E-state index >= 15 is 0 Å². The molecule has 1 unspecified atom stereocenters. The minimum atomic E-state index is 0.286. The predicted molar refractivity (Wildman–Crippen MR) is 139 cm³/mol. The molecule has 1 fully saturated rings. The Morgan fingerprint density at radius 2 is 1.18 bits per heavy atom. The quantitative estimate of drug-likeness (QED) is 0.365. The number of piperazine rings is 1. The number of rotatable bonds is 7. The van der Waals surface area contributed by atoms with E-state index in [0.717, 1.165) is 31.9 Å². The lowest BCUT2D eigenvalue weighted by molar-refractivity contribution is 0.0604. The monoisotopic (exact) mass is 450 g/mol. The summed E-state index contributed by atoms with van der Waals surface area (Å²) >= 11 is 0. The van der Waals surface area contributed by atoms with Gasteiger partial charge in [-0.25, -0.2) is 4.98 Å². The van der Waals surface area contributed by atoms with Crippen molar-refractivity contribution < 1.29 is 0 Å². The predicted octanol–water partition coefficient (Wildman–Crippen LogP) is 6.18. The zero-order chi connectivity index (χ0) is 23.3. The van der Waals surface area contributed by atoms with E-state index in [4.69, 9.17) is 4.98 Å². The summed E-state index contributed by atoms with van der Waals surface area (Å²) in [4.78, 5) is 13.5. The molecule has 4 nitrogen and oxygen atoms in total. The minimum absolute atomic E-state index is 0.286. The molecular weight excluding hydrogens is 416 g/mol. The number of imidazole rings is 1. The fraction of sp³-hybridized carbons (Fsp3) is 0.300. The third kappa shape index (κ3) is 4.70. The van der Waals surface area contributed by atoms with Crippen LogP contribution in [0.4, 0.5) is 0 Å². The highest BCUT2D eigenvalue weighted by Crippen LogP contribution is 2.36. The summed E-state index contributed by atoms with van der Waals surface area (Å²) in [6.07, 6.45) is 1.85. The molecule has 5 rings (SSSR count). The maximum Gasteiger partial charge on any atom is 0.0930 e. The first-order chi connectivity index (χ1) is 16.7. The van der Waals surface area contributed by atoms with Gasteiger partial charge in [0.15, 0.2) is 0 Å². The minimum Gasteiger partial charge on any atom is -0.347 e. The molecule has 0 aliphatic carbocycles. The first-order valence-corrected chi connectivity index (χ1v) is 12.4. The zero-order valence-electron chi connectivity index (χ0n) is 20.1. The number of hydrogen-bond acceptors (Lipinski definition) is 3. The summed E-state index contributed by atoms with van der Waals surface area (Å²) < 4.78 is 0. The van der Waals surface area contributed by atoms with Crippen molar-refractivity contribution in [3.63, 3.8) is 0 Å². The molecule has 1 aliphatic rings. The topological polar surface area (TPSA) is 35.2 Å². The van der Waals surface area contributed by atoms with Gasteiger partial charge in [0.2, 0.25) is 0 Å². The van der Waals surface area contributed by atoms with Crippen molar-refractivity contribution in [1.82, 2.24) is 19.8 Å². The Bertz CT molecular complexity index is 1110. The lowest BCUT2D eigenvalue weighted by atomic mass is 9.93. The van der Waals surface area contributed by atoms with Crippen LogP contribution in [-0.4, -0.2) is 45.9 Å². The molecule has 1 aromatic heterocycles. The van der Waals surface area contributed by atoms with E-state index in [9.17, 15) is 0 Å². The third-order valence-electron chi connectivity index (χ3n) is 6.98. The SMILES string of the molecule is CC(C)C(c1[nH]cnc1-c1ccccc1)N1CCN(C(c2ccccc2)c2ccccc2)CC1. The first kappa shape index (κ1) is 22.6. The second-order valence-corrected chi connectivity index (χ2v) is 9.52. The van der Waals surface area contributed by atoms with Gasteiger partial charge in [-0.2, -0.15) is 0 Å². The second kappa shape index (κ2) is 10.4. The number of nitrogens with one attached hydrogen (secondary N) is 1. The second-order valence-electron chi connectivity index (χ2n) is 9.52. The Balaban J connectivity index is 1.38. The molecule has 0 bridgehead atoms.